The Morgan fingerprint density at radius 1 is 1.16 bits per heavy atom. The maximum atomic E-state index is 6.19. The minimum atomic E-state index is 0.0101. The van der Waals surface area contributed by atoms with Crippen LogP contribution in [0.4, 0.5) is 0 Å². The van der Waals surface area contributed by atoms with Crippen LogP contribution in [-0.2, 0) is 6.42 Å². The average molecular weight is 295 g/mol. The molecular formula is C15H16Cl2N2. The van der Waals surface area contributed by atoms with E-state index in [9.17, 15) is 0 Å². The van der Waals surface area contributed by atoms with Crippen LogP contribution in [-0.4, -0.2) is 0 Å². The van der Waals surface area contributed by atoms with Crippen molar-refractivity contribution in [2.45, 2.75) is 19.4 Å². The van der Waals surface area contributed by atoms with E-state index in [0.717, 1.165) is 11.1 Å². The summed E-state index contributed by atoms with van der Waals surface area (Å²) in [5.41, 5.74) is 6.17. The highest BCUT2D eigenvalue weighted by molar-refractivity contribution is 6.33. The lowest BCUT2D eigenvalue weighted by Gasteiger charge is -2.18. The molecule has 0 aliphatic heterocycles. The molecule has 0 fully saturated rings. The first-order valence-electron chi connectivity index (χ1n) is 6.07. The first-order valence-corrected chi connectivity index (χ1v) is 6.82. The zero-order valence-corrected chi connectivity index (χ0v) is 12.2. The Morgan fingerprint density at radius 3 is 2.63 bits per heavy atom. The van der Waals surface area contributed by atoms with E-state index in [0.29, 0.717) is 16.5 Å². The predicted octanol–water partition coefficient (Wildman–Crippen LogP) is 4.05. The molecule has 0 aliphatic rings. The van der Waals surface area contributed by atoms with Crippen molar-refractivity contribution in [2.24, 2.45) is 5.84 Å². The summed E-state index contributed by atoms with van der Waals surface area (Å²) in [6.07, 6.45) is 0.694. The topological polar surface area (TPSA) is 38.0 Å². The highest BCUT2D eigenvalue weighted by Crippen LogP contribution is 2.26. The number of benzene rings is 2. The summed E-state index contributed by atoms with van der Waals surface area (Å²) >= 11 is 12.2. The number of rotatable bonds is 4. The van der Waals surface area contributed by atoms with Crippen LogP contribution in [0.3, 0.4) is 0 Å². The van der Waals surface area contributed by atoms with Crippen LogP contribution >= 0.6 is 23.2 Å². The molecule has 0 amide bonds. The quantitative estimate of drug-likeness (QED) is 0.659. The normalized spacial score (nSPS) is 12.4. The van der Waals surface area contributed by atoms with Crippen LogP contribution < -0.4 is 11.3 Å². The number of hydrogen-bond donors (Lipinski definition) is 2. The van der Waals surface area contributed by atoms with Crippen LogP contribution in [0, 0.1) is 6.92 Å². The maximum absolute atomic E-state index is 6.19. The van der Waals surface area contributed by atoms with Gasteiger partial charge in [0.1, 0.15) is 0 Å². The molecule has 0 bridgehead atoms. The first-order chi connectivity index (χ1) is 9.10. The zero-order valence-electron chi connectivity index (χ0n) is 10.7. The molecule has 3 N–H and O–H groups in total. The van der Waals surface area contributed by atoms with Crippen molar-refractivity contribution in [2.75, 3.05) is 0 Å². The summed E-state index contributed by atoms with van der Waals surface area (Å²) in [6, 6.07) is 13.7. The predicted molar refractivity (Wildman–Crippen MR) is 81.4 cm³/mol. The van der Waals surface area contributed by atoms with Gasteiger partial charge in [0.2, 0.25) is 0 Å². The van der Waals surface area contributed by atoms with E-state index in [1.54, 1.807) is 6.07 Å². The van der Waals surface area contributed by atoms with Crippen LogP contribution in [0.25, 0.3) is 0 Å². The fraction of sp³-hybridized carbons (Fsp3) is 0.200. The van der Waals surface area contributed by atoms with Crippen molar-refractivity contribution in [1.29, 1.82) is 0 Å². The summed E-state index contributed by atoms with van der Waals surface area (Å²) < 4.78 is 0. The summed E-state index contributed by atoms with van der Waals surface area (Å²) in [6.45, 7) is 2.06. The van der Waals surface area contributed by atoms with Crippen LogP contribution in [0.15, 0.2) is 42.5 Å². The van der Waals surface area contributed by atoms with Crippen LogP contribution in [0.1, 0.15) is 22.7 Å². The van der Waals surface area contributed by atoms with Crippen molar-refractivity contribution >= 4 is 23.2 Å². The smallest absolute Gasteiger partial charge is 0.0500 e. The van der Waals surface area contributed by atoms with Crippen molar-refractivity contribution in [3.63, 3.8) is 0 Å². The Hall–Kier alpha value is -1.06. The van der Waals surface area contributed by atoms with Gasteiger partial charge in [-0.15, -0.1) is 0 Å². The summed E-state index contributed by atoms with van der Waals surface area (Å²) in [4.78, 5) is 0. The van der Waals surface area contributed by atoms with Gasteiger partial charge in [-0.05, 0) is 42.7 Å². The van der Waals surface area contributed by atoms with E-state index in [1.165, 1.54) is 5.56 Å². The van der Waals surface area contributed by atoms with Gasteiger partial charge in [-0.3, -0.25) is 11.3 Å². The third-order valence-electron chi connectivity index (χ3n) is 3.08. The highest BCUT2D eigenvalue weighted by atomic mass is 35.5. The summed E-state index contributed by atoms with van der Waals surface area (Å²) in [5.74, 6) is 5.66. The Morgan fingerprint density at radius 2 is 1.95 bits per heavy atom. The van der Waals surface area contributed by atoms with E-state index >= 15 is 0 Å². The molecule has 0 heterocycles. The monoisotopic (exact) mass is 294 g/mol. The SMILES string of the molecule is Cc1cccc(C(Cc2cc(Cl)ccc2Cl)NN)c1. The molecule has 0 aromatic heterocycles. The molecular weight excluding hydrogens is 279 g/mol. The fourth-order valence-electron chi connectivity index (χ4n) is 2.08. The number of hydrazine groups is 1. The third kappa shape index (κ3) is 3.71. The molecule has 2 aromatic carbocycles. The molecule has 0 saturated carbocycles. The van der Waals surface area contributed by atoms with Gasteiger partial charge >= 0.3 is 0 Å². The third-order valence-corrected chi connectivity index (χ3v) is 3.68. The van der Waals surface area contributed by atoms with E-state index in [2.05, 4.69) is 30.5 Å². The van der Waals surface area contributed by atoms with Crippen LogP contribution in [0.2, 0.25) is 10.0 Å². The second kappa shape index (κ2) is 6.40. The minimum Gasteiger partial charge on any atom is -0.271 e. The molecule has 19 heavy (non-hydrogen) atoms. The fourth-order valence-corrected chi connectivity index (χ4v) is 2.47. The lowest BCUT2D eigenvalue weighted by molar-refractivity contribution is 0.552. The Kier molecular flexibility index (Phi) is 4.83. The van der Waals surface area contributed by atoms with Gasteiger partial charge in [0, 0.05) is 10.0 Å². The molecule has 100 valence electrons. The molecule has 2 aromatic rings. The van der Waals surface area contributed by atoms with E-state index in [-0.39, 0.29) is 6.04 Å². The van der Waals surface area contributed by atoms with Crippen molar-refractivity contribution in [1.82, 2.24) is 5.43 Å². The van der Waals surface area contributed by atoms with Gasteiger partial charge in [0.05, 0.1) is 6.04 Å². The average Bonchev–Trinajstić information content (AvgIpc) is 2.39. The van der Waals surface area contributed by atoms with Crippen molar-refractivity contribution in [3.8, 4) is 0 Å². The molecule has 1 atom stereocenters. The number of halogens is 2. The second-order valence-corrected chi connectivity index (χ2v) is 5.42. The Balaban J connectivity index is 2.26. The summed E-state index contributed by atoms with van der Waals surface area (Å²) in [5, 5.41) is 1.39. The van der Waals surface area contributed by atoms with Crippen molar-refractivity contribution < 1.29 is 0 Å². The van der Waals surface area contributed by atoms with E-state index in [4.69, 9.17) is 29.0 Å². The Labute approximate surface area is 123 Å². The second-order valence-electron chi connectivity index (χ2n) is 4.57. The largest absolute Gasteiger partial charge is 0.271 e. The highest BCUT2D eigenvalue weighted by Gasteiger charge is 2.13. The molecule has 0 aliphatic carbocycles. The van der Waals surface area contributed by atoms with Gasteiger partial charge in [-0.25, -0.2) is 0 Å². The van der Waals surface area contributed by atoms with Crippen LogP contribution in [0.5, 0.6) is 0 Å². The number of nitrogens with one attached hydrogen (secondary N) is 1. The Bertz CT molecular complexity index is 570. The molecule has 0 spiro atoms. The van der Waals surface area contributed by atoms with Gasteiger partial charge in [-0.2, -0.15) is 0 Å². The molecule has 4 heteroatoms. The minimum absolute atomic E-state index is 0.0101. The van der Waals surface area contributed by atoms with Gasteiger partial charge in [0.15, 0.2) is 0 Å². The first kappa shape index (κ1) is 14.4. The number of nitrogens with two attached hydrogens (primary N) is 1. The molecule has 2 rings (SSSR count). The molecule has 0 radical (unpaired) electrons. The summed E-state index contributed by atoms with van der Waals surface area (Å²) in [7, 11) is 0. The lowest BCUT2D eigenvalue weighted by Crippen LogP contribution is -2.29. The van der Waals surface area contributed by atoms with Gasteiger partial charge in [0.25, 0.3) is 0 Å². The number of aryl methyl sites for hydroxylation is 1. The van der Waals surface area contributed by atoms with E-state index < -0.39 is 0 Å². The van der Waals surface area contributed by atoms with E-state index in [1.807, 2.05) is 18.2 Å². The molecule has 1 unspecified atom stereocenters. The van der Waals surface area contributed by atoms with Gasteiger partial charge < -0.3 is 0 Å². The maximum Gasteiger partial charge on any atom is 0.0500 e. The molecule has 2 nitrogen and oxygen atoms in total. The molecule has 0 saturated heterocycles. The van der Waals surface area contributed by atoms with Crippen molar-refractivity contribution in [3.05, 3.63) is 69.2 Å². The standard InChI is InChI=1S/C15H16Cl2N2/c1-10-3-2-4-11(7-10)15(19-18)9-12-8-13(16)5-6-14(12)17/h2-8,15,19H,9,18H2,1H3. The number of hydrogen-bond acceptors (Lipinski definition) is 2. The zero-order chi connectivity index (χ0) is 13.8. The van der Waals surface area contributed by atoms with Gasteiger partial charge in [-0.1, -0.05) is 53.0 Å². The lowest BCUT2D eigenvalue weighted by atomic mass is 9.98.